The van der Waals surface area contributed by atoms with Crippen LogP contribution in [0.3, 0.4) is 0 Å². The van der Waals surface area contributed by atoms with Crippen molar-refractivity contribution in [1.29, 1.82) is 0 Å². The SMILES string of the molecule is Cc1ccc(C(=O)NCC2(C(=O)O)CCOCC2)cc1. The third-order valence-electron chi connectivity index (χ3n) is 3.80. The van der Waals surface area contributed by atoms with Crippen LogP contribution in [0.1, 0.15) is 28.8 Å². The van der Waals surface area contributed by atoms with Gasteiger partial charge in [-0.25, -0.2) is 0 Å². The van der Waals surface area contributed by atoms with Gasteiger partial charge in [-0.3, -0.25) is 9.59 Å². The summed E-state index contributed by atoms with van der Waals surface area (Å²) in [5.41, 5.74) is 0.717. The number of hydrogen-bond donors (Lipinski definition) is 2. The Labute approximate surface area is 117 Å². The number of rotatable bonds is 4. The number of hydrogen-bond acceptors (Lipinski definition) is 3. The lowest BCUT2D eigenvalue weighted by molar-refractivity contribution is -0.154. The molecule has 1 heterocycles. The number of carbonyl (C=O) groups excluding carboxylic acids is 1. The van der Waals surface area contributed by atoms with E-state index in [0.29, 0.717) is 31.6 Å². The lowest BCUT2D eigenvalue weighted by atomic mass is 9.80. The maximum atomic E-state index is 12.0. The smallest absolute Gasteiger partial charge is 0.311 e. The van der Waals surface area contributed by atoms with Gasteiger partial charge in [-0.15, -0.1) is 0 Å². The molecule has 0 aromatic heterocycles. The zero-order valence-corrected chi connectivity index (χ0v) is 11.5. The molecular formula is C15H19NO4. The van der Waals surface area contributed by atoms with Gasteiger partial charge in [-0.05, 0) is 31.9 Å². The molecule has 0 saturated carbocycles. The predicted octanol–water partition coefficient (Wildman–Crippen LogP) is 1.61. The first kappa shape index (κ1) is 14.5. The van der Waals surface area contributed by atoms with Gasteiger partial charge in [0.1, 0.15) is 0 Å². The second kappa shape index (κ2) is 6.05. The molecule has 2 rings (SSSR count). The van der Waals surface area contributed by atoms with E-state index in [9.17, 15) is 14.7 Å². The molecule has 1 aromatic rings. The summed E-state index contributed by atoms with van der Waals surface area (Å²) in [5.74, 6) is -1.11. The molecule has 0 atom stereocenters. The first-order chi connectivity index (χ1) is 9.53. The summed E-state index contributed by atoms with van der Waals surface area (Å²) >= 11 is 0. The molecule has 5 nitrogen and oxygen atoms in total. The molecule has 5 heteroatoms. The van der Waals surface area contributed by atoms with E-state index in [4.69, 9.17) is 4.74 Å². The lowest BCUT2D eigenvalue weighted by Crippen LogP contribution is -2.46. The fourth-order valence-corrected chi connectivity index (χ4v) is 2.28. The van der Waals surface area contributed by atoms with Crippen LogP contribution in [0.15, 0.2) is 24.3 Å². The van der Waals surface area contributed by atoms with Crippen LogP contribution in [0.25, 0.3) is 0 Å². The Morgan fingerprint density at radius 1 is 1.25 bits per heavy atom. The van der Waals surface area contributed by atoms with Crippen molar-refractivity contribution in [3.8, 4) is 0 Å². The summed E-state index contributed by atoms with van der Waals surface area (Å²) in [6.07, 6.45) is 0.854. The zero-order chi connectivity index (χ0) is 14.6. The van der Waals surface area contributed by atoms with Gasteiger partial charge in [0.2, 0.25) is 0 Å². The van der Waals surface area contributed by atoms with Crippen LogP contribution in [0.5, 0.6) is 0 Å². The molecule has 1 aliphatic heterocycles. The minimum atomic E-state index is -0.904. The van der Waals surface area contributed by atoms with Gasteiger partial charge < -0.3 is 15.2 Å². The lowest BCUT2D eigenvalue weighted by Gasteiger charge is -2.33. The monoisotopic (exact) mass is 277 g/mol. The highest BCUT2D eigenvalue weighted by molar-refractivity contribution is 5.94. The summed E-state index contributed by atoms with van der Waals surface area (Å²) < 4.78 is 5.20. The fraction of sp³-hybridized carbons (Fsp3) is 0.467. The summed E-state index contributed by atoms with van der Waals surface area (Å²) in [4.78, 5) is 23.5. The number of carboxylic acids is 1. The highest BCUT2D eigenvalue weighted by atomic mass is 16.5. The normalized spacial score (nSPS) is 17.4. The van der Waals surface area contributed by atoms with Crippen molar-refractivity contribution in [3.05, 3.63) is 35.4 Å². The topological polar surface area (TPSA) is 75.6 Å². The van der Waals surface area contributed by atoms with Gasteiger partial charge in [0.05, 0.1) is 5.41 Å². The molecule has 0 spiro atoms. The van der Waals surface area contributed by atoms with Gasteiger partial charge in [0.25, 0.3) is 5.91 Å². The van der Waals surface area contributed by atoms with Crippen molar-refractivity contribution < 1.29 is 19.4 Å². The Bertz CT molecular complexity index is 489. The number of aliphatic carboxylic acids is 1. The van der Waals surface area contributed by atoms with Crippen LogP contribution in [-0.2, 0) is 9.53 Å². The Balaban J connectivity index is 2.00. The number of benzene rings is 1. The van der Waals surface area contributed by atoms with E-state index < -0.39 is 11.4 Å². The number of amides is 1. The molecule has 0 unspecified atom stereocenters. The Hall–Kier alpha value is -1.88. The van der Waals surface area contributed by atoms with Crippen molar-refractivity contribution in [2.24, 2.45) is 5.41 Å². The van der Waals surface area contributed by atoms with E-state index in [1.54, 1.807) is 12.1 Å². The molecule has 1 fully saturated rings. The van der Waals surface area contributed by atoms with Gasteiger partial charge in [-0.1, -0.05) is 17.7 Å². The van der Waals surface area contributed by atoms with Gasteiger partial charge in [0.15, 0.2) is 0 Å². The molecule has 0 aliphatic carbocycles. The quantitative estimate of drug-likeness (QED) is 0.876. The molecular weight excluding hydrogens is 258 g/mol. The standard InChI is InChI=1S/C15H19NO4/c1-11-2-4-12(5-3-11)13(17)16-10-15(14(18)19)6-8-20-9-7-15/h2-5H,6-10H2,1H3,(H,16,17)(H,18,19). The zero-order valence-electron chi connectivity index (χ0n) is 11.5. The number of nitrogens with one attached hydrogen (secondary N) is 1. The maximum Gasteiger partial charge on any atom is 0.311 e. The molecule has 0 radical (unpaired) electrons. The number of carboxylic acid groups (broad SMARTS) is 1. The predicted molar refractivity (Wildman–Crippen MR) is 73.6 cm³/mol. The van der Waals surface area contributed by atoms with E-state index in [1.165, 1.54) is 0 Å². The van der Waals surface area contributed by atoms with Crippen molar-refractivity contribution in [1.82, 2.24) is 5.32 Å². The number of ether oxygens (including phenoxy) is 1. The van der Waals surface area contributed by atoms with Crippen molar-refractivity contribution >= 4 is 11.9 Å². The molecule has 20 heavy (non-hydrogen) atoms. The largest absolute Gasteiger partial charge is 0.481 e. The molecule has 2 N–H and O–H groups in total. The van der Waals surface area contributed by atoms with Crippen LogP contribution in [0.4, 0.5) is 0 Å². The summed E-state index contributed by atoms with van der Waals surface area (Å²) in [5, 5.41) is 12.1. The summed E-state index contributed by atoms with van der Waals surface area (Å²) in [6, 6.07) is 7.19. The molecule has 1 amide bonds. The maximum absolute atomic E-state index is 12.0. The van der Waals surface area contributed by atoms with E-state index in [2.05, 4.69) is 5.32 Å². The van der Waals surface area contributed by atoms with E-state index in [1.807, 2.05) is 19.1 Å². The second-order valence-corrected chi connectivity index (χ2v) is 5.25. The minimum Gasteiger partial charge on any atom is -0.481 e. The van der Waals surface area contributed by atoms with E-state index >= 15 is 0 Å². The third kappa shape index (κ3) is 3.17. The molecule has 1 aromatic carbocycles. The Kier molecular flexibility index (Phi) is 4.39. The molecule has 1 saturated heterocycles. The highest BCUT2D eigenvalue weighted by Crippen LogP contribution is 2.30. The van der Waals surface area contributed by atoms with Gasteiger partial charge >= 0.3 is 5.97 Å². The second-order valence-electron chi connectivity index (χ2n) is 5.25. The van der Waals surface area contributed by atoms with Gasteiger partial charge in [-0.2, -0.15) is 0 Å². The first-order valence-electron chi connectivity index (χ1n) is 6.69. The van der Waals surface area contributed by atoms with Crippen molar-refractivity contribution in [2.45, 2.75) is 19.8 Å². The van der Waals surface area contributed by atoms with Crippen LogP contribution < -0.4 is 5.32 Å². The summed E-state index contributed by atoms with van der Waals surface area (Å²) in [7, 11) is 0. The molecule has 0 bridgehead atoms. The average molecular weight is 277 g/mol. The minimum absolute atomic E-state index is 0.137. The van der Waals surface area contributed by atoms with Crippen LogP contribution in [-0.4, -0.2) is 36.7 Å². The Morgan fingerprint density at radius 3 is 2.40 bits per heavy atom. The first-order valence-corrected chi connectivity index (χ1v) is 6.69. The third-order valence-corrected chi connectivity index (χ3v) is 3.80. The average Bonchev–Trinajstić information content (AvgIpc) is 2.46. The number of aryl methyl sites for hydroxylation is 1. The highest BCUT2D eigenvalue weighted by Gasteiger charge is 2.40. The van der Waals surface area contributed by atoms with Crippen molar-refractivity contribution in [3.63, 3.8) is 0 Å². The van der Waals surface area contributed by atoms with Crippen LogP contribution >= 0.6 is 0 Å². The molecule has 108 valence electrons. The summed E-state index contributed by atoms with van der Waals surface area (Å²) in [6.45, 7) is 2.93. The van der Waals surface area contributed by atoms with Gasteiger partial charge in [0, 0.05) is 25.3 Å². The van der Waals surface area contributed by atoms with Crippen molar-refractivity contribution in [2.75, 3.05) is 19.8 Å². The fourth-order valence-electron chi connectivity index (χ4n) is 2.28. The van der Waals surface area contributed by atoms with Crippen LogP contribution in [0.2, 0.25) is 0 Å². The van der Waals surface area contributed by atoms with Crippen LogP contribution in [0, 0.1) is 12.3 Å². The molecule has 1 aliphatic rings. The Morgan fingerprint density at radius 2 is 1.85 bits per heavy atom. The number of carbonyl (C=O) groups is 2. The van der Waals surface area contributed by atoms with E-state index in [-0.39, 0.29) is 12.5 Å². The van der Waals surface area contributed by atoms with E-state index in [0.717, 1.165) is 5.56 Å².